The second-order valence-corrected chi connectivity index (χ2v) is 2.36. The number of amidine groups is 1. The average molecular weight is 128 g/mol. The maximum atomic E-state index is 11.4. The number of aliphatic imine (C=N–C) groups is 1. The highest BCUT2D eigenvalue weighted by Crippen LogP contribution is 2.11. The molecule has 1 heterocycles. The molecule has 0 fully saturated rings. The summed E-state index contributed by atoms with van der Waals surface area (Å²) in [7, 11) is 0. The van der Waals surface area contributed by atoms with Crippen molar-refractivity contribution in [3.05, 3.63) is 5.21 Å². The normalized spacial score (nSPS) is 34.8. The van der Waals surface area contributed by atoms with Crippen LogP contribution in [0.1, 0.15) is 13.8 Å². The molecule has 0 N–H and O–H groups in total. The molecular formula is C6H12N2O. The Kier molecular flexibility index (Phi) is 1.55. The summed E-state index contributed by atoms with van der Waals surface area (Å²) >= 11 is 0. The second-order valence-electron chi connectivity index (χ2n) is 2.36. The van der Waals surface area contributed by atoms with E-state index in [1.165, 1.54) is 0 Å². The lowest BCUT2D eigenvalue weighted by molar-refractivity contribution is -0.780. The van der Waals surface area contributed by atoms with Crippen LogP contribution in [-0.4, -0.2) is 30.1 Å². The molecule has 9 heavy (non-hydrogen) atoms. The van der Waals surface area contributed by atoms with Crippen molar-refractivity contribution in [1.29, 1.82) is 0 Å². The van der Waals surface area contributed by atoms with Crippen LogP contribution in [0.15, 0.2) is 4.99 Å². The molecule has 3 nitrogen and oxygen atoms in total. The Morgan fingerprint density at radius 3 is 2.67 bits per heavy atom. The van der Waals surface area contributed by atoms with Crippen molar-refractivity contribution < 1.29 is 4.65 Å². The molecule has 52 valence electrons. The zero-order valence-corrected chi connectivity index (χ0v) is 5.92. The Morgan fingerprint density at radius 2 is 2.44 bits per heavy atom. The molecule has 1 rings (SSSR count). The van der Waals surface area contributed by atoms with Crippen LogP contribution in [0.3, 0.4) is 0 Å². The molecular weight excluding hydrogens is 116 g/mol. The van der Waals surface area contributed by atoms with Crippen LogP contribution < -0.4 is 0 Å². The Labute approximate surface area is 55.2 Å². The van der Waals surface area contributed by atoms with Crippen molar-refractivity contribution in [2.24, 2.45) is 4.99 Å². The fourth-order valence-corrected chi connectivity index (χ4v) is 1.05. The van der Waals surface area contributed by atoms with Crippen molar-refractivity contribution in [2.45, 2.75) is 13.8 Å². The quantitative estimate of drug-likeness (QED) is 0.379. The molecule has 0 aromatic heterocycles. The lowest BCUT2D eigenvalue weighted by atomic mass is 10.5. The van der Waals surface area contributed by atoms with Gasteiger partial charge in [0, 0.05) is 6.92 Å². The van der Waals surface area contributed by atoms with E-state index in [1.807, 2.05) is 13.8 Å². The fourth-order valence-electron chi connectivity index (χ4n) is 1.05. The van der Waals surface area contributed by atoms with Crippen LogP contribution in [0.5, 0.6) is 0 Å². The molecule has 1 atom stereocenters. The first-order valence-electron chi connectivity index (χ1n) is 3.29. The molecule has 0 aromatic carbocycles. The third-order valence-corrected chi connectivity index (χ3v) is 1.90. The predicted octanol–water partition coefficient (Wildman–Crippen LogP) is 0.753. The summed E-state index contributed by atoms with van der Waals surface area (Å²) < 4.78 is -0.194. The van der Waals surface area contributed by atoms with E-state index in [4.69, 9.17) is 0 Å². The van der Waals surface area contributed by atoms with Gasteiger partial charge in [-0.3, -0.25) is 0 Å². The Balaban J connectivity index is 2.70. The van der Waals surface area contributed by atoms with E-state index < -0.39 is 0 Å². The zero-order chi connectivity index (χ0) is 6.91. The van der Waals surface area contributed by atoms with E-state index in [-0.39, 0.29) is 4.65 Å². The van der Waals surface area contributed by atoms with E-state index >= 15 is 0 Å². The summed E-state index contributed by atoms with van der Waals surface area (Å²) in [4.78, 5) is 4.04. The predicted molar refractivity (Wildman–Crippen MR) is 37.0 cm³/mol. The molecule has 0 bridgehead atoms. The van der Waals surface area contributed by atoms with E-state index in [1.54, 1.807) is 0 Å². The molecule has 3 heteroatoms. The third-order valence-electron chi connectivity index (χ3n) is 1.90. The van der Waals surface area contributed by atoms with Gasteiger partial charge in [0.1, 0.15) is 6.54 Å². The molecule has 1 unspecified atom stereocenters. The monoisotopic (exact) mass is 128 g/mol. The number of hydrogen-bond acceptors (Lipinski definition) is 2. The first-order valence-corrected chi connectivity index (χ1v) is 3.29. The summed E-state index contributed by atoms with van der Waals surface area (Å²) in [6, 6.07) is 0. The maximum Gasteiger partial charge on any atom is 0.195 e. The molecule has 0 aromatic rings. The van der Waals surface area contributed by atoms with E-state index in [2.05, 4.69) is 4.99 Å². The Bertz CT molecular complexity index is 144. The van der Waals surface area contributed by atoms with E-state index in [9.17, 15) is 5.21 Å². The fraction of sp³-hybridized carbons (Fsp3) is 0.833. The van der Waals surface area contributed by atoms with Crippen LogP contribution in [0.2, 0.25) is 0 Å². The zero-order valence-electron chi connectivity index (χ0n) is 5.92. The van der Waals surface area contributed by atoms with Crippen LogP contribution in [-0.2, 0) is 0 Å². The number of hydroxylamine groups is 3. The molecule has 1 aliphatic rings. The van der Waals surface area contributed by atoms with E-state index in [0.717, 1.165) is 5.84 Å². The van der Waals surface area contributed by atoms with Crippen molar-refractivity contribution in [1.82, 2.24) is 0 Å². The van der Waals surface area contributed by atoms with Gasteiger partial charge in [0.25, 0.3) is 0 Å². The highest BCUT2D eigenvalue weighted by molar-refractivity contribution is 5.74. The van der Waals surface area contributed by atoms with E-state index in [0.29, 0.717) is 19.6 Å². The van der Waals surface area contributed by atoms with Gasteiger partial charge in [0.05, 0.1) is 13.1 Å². The van der Waals surface area contributed by atoms with Gasteiger partial charge in [0.2, 0.25) is 0 Å². The highest BCUT2D eigenvalue weighted by atomic mass is 16.5. The van der Waals surface area contributed by atoms with Gasteiger partial charge in [-0.25, -0.2) is 4.99 Å². The minimum absolute atomic E-state index is 0.194. The van der Waals surface area contributed by atoms with Crippen LogP contribution in [0, 0.1) is 5.21 Å². The number of nitrogens with zero attached hydrogens (tertiary/aromatic N) is 2. The van der Waals surface area contributed by atoms with Crippen molar-refractivity contribution >= 4 is 5.84 Å². The van der Waals surface area contributed by atoms with Gasteiger partial charge in [0.15, 0.2) is 5.84 Å². The van der Waals surface area contributed by atoms with Gasteiger partial charge < -0.3 is 9.85 Å². The molecule has 0 saturated carbocycles. The number of quaternary nitrogens is 1. The van der Waals surface area contributed by atoms with Crippen LogP contribution >= 0.6 is 0 Å². The van der Waals surface area contributed by atoms with Gasteiger partial charge in [-0.15, -0.1) is 0 Å². The van der Waals surface area contributed by atoms with Crippen LogP contribution in [0.4, 0.5) is 0 Å². The van der Waals surface area contributed by atoms with Crippen molar-refractivity contribution in [2.75, 3.05) is 19.6 Å². The first-order chi connectivity index (χ1) is 4.19. The summed E-state index contributed by atoms with van der Waals surface area (Å²) in [5.74, 6) is 0.734. The first kappa shape index (κ1) is 6.71. The Morgan fingerprint density at radius 1 is 1.78 bits per heavy atom. The van der Waals surface area contributed by atoms with Gasteiger partial charge in [-0.1, -0.05) is 0 Å². The van der Waals surface area contributed by atoms with Crippen molar-refractivity contribution in [3.8, 4) is 0 Å². The lowest BCUT2D eigenvalue weighted by Gasteiger charge is -2.36. The number of rotatable bonds is 1. The van der Waals surface area contributed by atoms with Gasteiger partial charge in [-0.05, 0) is 6.92 Å². The SMILES string of the molecule is CC[N+]1([O-])CCN=C1C. The average Bonchev–Trinajstić information content (AvgIpc) is 2.15. The summed E-state index contributed by atoms with van der Waals surface area (Å²) in [6.07, 6.45) is 0. The minimum atomic E-state index is -0.194. The standard InChI is InChI=1S/C6H12N2O/c1-3-8(9)5-4-7-6(8)2/h3-5H2,1-2H3. The lowest BCUT2D eigenvalue weighted by Crippen LogP contribution is -2.43. The Hall–Kier alpha value is -0.410. The minimum Gasteiger partial charge on any atom is -0.626 e. The number of likely N-dealkylation sites (N-methyl/N-ethyl adjacent to an activating group) is 1. The second kappa shape index (κ2) is 2.08. The number of hydrogen-bond donors (Lipinski definition) is 0. The van der Waals surface area contributed by atoms with Crippen molar-refractivity contribution in [3.63, 3.8) is 0 Å². The van der Waals surface area contributed by atoms with Crippen LogP contribution in [0.25, 0.3) is 0 Å². The topological polar surface area (TPSA) is 35.4 Å². The third kappa shape index (κ3) is 0.976. The smallest absolute Gasteiger partial charge is 0.195 e. The van der Waals surface area contributed by atoms with Gasteiger partial charge in [-0.2, -0.15) is 0 Å². The molecule has 0 radical (unpaired) electrons. The highest BCUT2D eigenvalue weighted by Gasteiger charge is 2.23. The molecule has 0 aliphatic carbocycles. The molecule has 0 spiro atoms. The molecule has 1 aliphatic heterocycles. The van der Waals surface area contributed by atoms with Gasteiger partial charge >= 0.3 is 0 Å². The summed E-state index contributed by atoms with van der Waals surface area (Å²) in [5, 5.41) is 11.4. The largest absolute Gasteiger partial charge is 0.626 e. The molecule has 0 saturated heterocycles. The maximum absolute atomic E-state index is 11.4. The summed E-state index contributed by atoms with van der Waals surface area (Å²) in [6.45, 7) is 5.68. The summed E-state index contributed by atoms with van der Waals surface area (Å²) in [5.41, 5.74) is 0. The molecule has 0 amide bonds.